The first-order valence-corrected chi connectivity index (χ1v) is 22.8. The summed E-state index contributed by atoms with van der Waals surface area (Å²) >= 11 is 0. The maximum Gasteiger partial charge on any atom is 0.410 e. The Labute approximate surface area is 351 Å². The van der Waals surface area contributed by atoms with Gasteiger partial charge in [-0.3, -0.25) is 28.8 Å². The number of hydrogen-bond donors (Lipinski definition) is 4. The molecular formula is C42H58N6O11S. The molecule has 6 atom stereocenters. The van der Waals surface area contributed by atoms with E-state index in [1.54, 1.807) is 31.7 Å². The highest BCUT2D eigenvalue weighted by atomic mass is 32.2. The molecule has 0 radical (unpaired) electrons. The van der Waals surface area contributed by atoms with Crippen molar-refractivity contribution in [1.29, 1.82) is 0 Å². The predicted molar refractivity (Wildman–Crippen MR) is 217 cm³/mol. The minimum absolute atomic E-state index is 0.0807. The molecule has 1 aromatic carbocycles. The molecule has 1 saturated heterocycles. The lowest BCUT2D eigenvalue weighted by atomic mass is 9.83. The maximum absolute atomic E-state index is 15.0. The zero-order valence-electron chi connectivity index (χ0n) is 34.8. The first kappa shape index (κ1) is 43.4. The average Bonchev–Trinajstić information content (AvgIpc) is 4.09. The molecule has 3 aliphatic carbocycles. The van der Waals surface area contributed by atoms with Crippen molar-refractivity contribution >= 4 is 51.9 Å². The maximum atomic E-state index is 15.0. The van der Waals surface area contributed by atoms with Crippen molar-refractivity contribution in [2.45, 2.75) is 146 Å². The number of fused-ring (bicyclic) bond motifs is 3. The number of benzene rings is 1. The van der Waals surface area contributed by atoms with Crippen LogP contribution >= 0.6 is 0 Å². The monoisotopic (exact) mass is 854 g/mol. The summed E-state index contributed by atoms with van der Waals surface area (Å²) in [4.78, 5) is 87.1. The quantitative estimate of drug-likeness (QED) is 0.298. The largest absolute Gasteiger partial charge is 0.444 e. The first-order valence-electron chi connectivity index (χ1n) is 21.3. The van der Waals surface area contributed by atoms with E-state index < -0.39 is 86.5 Å². The van der Waals surface area contributed by atoms with E-state index in [0.717, 1.165) is 36.0 Å². The normalized spacial score (nSPS) is 29.6. The molecule has 0 aromatic heterocycles. The van der Waals surface area contributed by atoms with Crippen LogP contribution in [0.2, 0.25) is 0 Å². The fraction of sp³-hybridized carbons (Fsp3) is 0.667. The molecule has 0 unspecified atom stereocenters. The molecule has 4 fully saturated rings. The van der Waals surface area contributed by atoms with Crippen LogP contribution in [0.3, 0.4) is 0 Å². The van der Waals surface area contributed by atoms with Gasteiger partial charge in [-0.15, -0.1) is 0 Å². The highest BCUT2D eigenvalue weighted by molar-refractivity contribution is 7.91. The Morgan fingerprint density at radius 3 is 2.47 bits per heavy atom. The number of carbonyl (C=O) groups excluding carboxylic acids is 6. The van der Waals surface area contributed by atoms with Gasteiger partial charge in [-0.05, 0) is 81.4 Å². The Balaban J connectivity index is 1.20. The lowest BCUT2D eigenvalue weighted by Gasteiger charge is -2.35. The second kappa shape index (κ2) is 17.3. The molecule has 1 aromatic rings. The van der Waals surface area contributed by atoms with Gasteiger partial charge in [0.1, 0.15) is 35.4 Å². The molecule has 4 bridgehead atoms. The molecule has 18 heteroatoms. The molecule has 6 aliphatic rings. The van der Waals surface area contributed by atoms with Gasteiger partial charge in [0, 0.05) is 13.0 Å². The highest BCUT2D eigenvalue weighted by Gasteiger charge is 2.62. The van der Waals surface area contributed by atoms with Gasteiger partial charge in [0.25, 0.3) is 5.91 Å². The van der Waals surface area contributed by atoms with Crippen molar-refractivity contribution in [3.63, 3.8) is 0 Å². The number of carbonyl (C=O) groups is 6. The van der Waals surface area contributed by atoms with Gasteiger partial charge in [0.15, 0.2) is 0 Å². The molecule has 0 spiro atoms. The second-order valence-corrected chi connectivity index (χ2v) is 20.0. The van der Waals surface area contributed by atoms with E-state index in [0.29, 0.717) is 38.6 Å². The minimum atomic E-state index is -3.92. The highest BCUT2D eigenvalue weighted by Crippen LogP contribution is 2.47. The fourth-order valence-corrected chi connectivity index (χ4v) is 10.3. The number of sulfonamides is 1. The van der Waals surface area contributed by atoms with Crippen LogP contribution in [-0.2, 0) is 56.5 Å². The number of nitrogens with zero attached hydrogens (tertiary/aromatic N) is 2. The first-order chi connectivity index (χ1) is 28.5. The number of alkyl carbamates (subject to hydrolysis) is 1. The van der Waals surface area contributed by atoms with Gasteiger partial charge in [-0.2, -0.15) is 0 Å². The van der Waals surface area contributed by atoms with Gasteiger partial charge in [0.2, 0.25) is 27.7 Å². The third-order valence-electron chi connectivity index (χ3n) is 12.4. The van der Waals surface area contributed by atoms with Gasteiger partial charge in [0.05, 0.1) is 31.6 Å². The van der Waals surface area contributed by atoms with Crippen LogP contribution in [0.1, 0.15) is 109 Å². The minimum Gasteiger partial charge on any atom is -0.444 e. The van der Waals surface area contributed by atoms with Crippen LogP contribution in [0.4, 0.5) is 9.59 Å². The van der Waals surface area contributed by atoms with Gasteiger partial charge in [-0.1, -0.05) is 63.0 Å². The van der Waals surface area contributed by atoms with Crippen LogP contribution in [0, 0.1) is 11.8 Å². The number of rotatable bonds is 8. The number of ether oxygens (including phenoxy) is 3. The summed E-state index contributed by atoms with van der Waals surface area (Å²) in [6.07, 6.45) is 6.52. The molecule has 17 nitrogen and oxygen atoms in total. The summed E-state index contributed by atoms with van der Waals surface area (Å²) in [6.45, 7) is 7.14. The summed E-state index contributed by atoms with van der Waals surface area (Å²) in [6, 6.07) is 2.09. The van der Waals surface area contributed by atoms with Crippen LogP contribution in [0.25, 0.3) is 6.08 Å². The van der Waals surface area contributed by atoms with Crippen molar-refractivity contribution < 1.29 is 51.4 Å². The zero-order chi connectivity index (χ0) is 43.0. The Morgan fingerprint density at radius 2 is 1.78 bits per heavy atom. The average molecular weight is 855 g/mol. The van der Waals surface area contributed by atoms with Crippen LogP contribution in [0.5, 0.6) is 0 Å². The van der Waals surface area contributed by atoms with E-state index in [1.165, 1.54) is 4.90 Å². The summed E-state index contributed by atoms with van der Waals surface area (Å²) in [5.74, 6) is -3.45. The van der Waals surface area contributed by atoms with E-state index in [2.05, 4.69) is 20.7 Å². The van der Waals surface area contributed by atoms with Gasteiger partial charge < -0.3 is 35.1 Å². The summed E-state index contributed by atoms with van der Waals surface area (Å²) in [5, 5.41) is 7.70. The van der Waals surface area contributed by atoms with Crippen LogP contribution < -0.4 is 20.7 Å². The van der Waals surface area contributed by atoms with Crippen LogP contribution in [-0.4, -0.2) is 114 Å². The third kappa shape index (κ3) is 9.74. The predicted octanol–water partition coefficient (Wildman–Crippen LogP) is 3.00. The Bertz CT molecular complexity index is 2010. The molecule has 7 rings (SSSR count). The van der Waals surface area contributed by atoms with E-state index >= 15 is 4.79 Å². The van der Waals surface area contributed by atoms with Crippen molar-refractivity contribution in [3.05, 3.63) is 41.0 Å². The van der Waals surface area contributed by atoms with Crippen LogP contribution in [0.15, 0.2) is 24.3 Å². The molecule has 3 saturated carbocycles. The van der Waals surface area contributed by atoms with E-state index in [4.69, 9.17) is 14.2 Å². The van der Waals surface area contributed by atoms with E-state index in [1.807, 2.05) is 31.2 Å². The molecule has 3 heterocycles. The Kier molecular flexibility index (Phi) is 12.5. The SMILES string of the molecule is CC[C@@H]1C[C@]1(NC(=O)[C@@H]1C[C@@H]2CN1C(=O)[C@H](C1CCCCC1)NC(=O)[C@@H](NC(=O)OC(C)(C)C)COC/C=C\c1cccc3c1CN(C3)C(=O)O2)C(=O)NS(=O)(=O)C1CC1. The van der Waals surface area contributed by atoms with Crippen molar-refractivity contribution in [2.24, 2.45) is 11.8 Å². The van der Waals surface area contributed by atoms with Crippen molar-refractivity contribution in [1.82, 2.24) is 30.5 Å². The molecule has 4 N–H and O–H groups in total. The number of hydrogen-bond acceptors (Lipinski definition) is 11. The molecule has 60 heavy (non-hydrogen) atoms. The summed E-state index contributed by atoms with van der Waals surface area (Å²) in [5.41, 5.74) is 0.348. The third-order valence-corrected chi connectivity index (χ3v) is 14.2. The lowest BCUT2D eigenvalue weighted by Crippen LogP contribution is -2.61. The lowest BCUT2D eigenvalue weighted by molar-refractivity contribution is -0.144. The molecular weight excluding hydrogens is 797 g/mol. The zero-order valence-corrected chi connectivity index (χ0v) is 35.6. The second-order valence-electron chi connectivity index (χ2n) is 18.1. The smallest absolute Gasteiger partial charge is 0.410 e. The number of amides is 6. The van der Waals surface area contributed by atoms with E-state index in [9.17, 15) is 32.4 Å². The Morgan fingerprint density at radius 1 is 1.03 bits per heavy atom. The van der Waals surface area contributed by atoms with Crippen molar-refractivity contribution in [3.8, 4) is 0 Å². The molecule has 328 valence electrons. The summed E-state index contributed by atoms with van der Waals surface area (Å²) in [7, 11) is -3.92. The topological polar surface area (TPSA) is 219 Å². The molecule has 6 amide bonds. The van der Waals surface area contributed by atoms with E-state index in [-0.39, 0.29) is 51.0 Å². The number of nitrogens with one attached hydrogen (secondary N) is 4. The molecule has 3 aliphatic heterocycles. The fourth-order valence-electron chi connectivity index (χ4n) is 8.96. The van der Waals surface area contributed by atoms with Gasteiger partial charge >= 0.3 is 12.2 Å². The summed E-state index contributed by atoms with van der Waals surface area (Å²) < 4.78 is 45.3. The van der Waals surface area contributed by atoms with Crippen molar-refractivity contribution in [2.75, 3.05) is 19.8 Å². The Hall–Kier alpha value is -4.71. The standard InChI is InChI=1S/C42H58N6O11S/c1-5-28-20-42(28,38(52)46-60(55,56)30-16-17-30)45-36(50)33-19-29-22-48(33)37(51)34(26-11-7-6-8-12-26)44-35(49)32(43-39(53)59-41(2,3)4)24-57-18-10-15-25-13-9-14-27-21-47(23-31(25)27)40(54)58-29/h9-10,13-15,26,28-30,32-34H,5-8,11-12,16-24H2,1-4H3,(H,43,53)(H,44,49)(H,45,50)(H,46,52)/b15-10-/t28-,29-,32+,33+,34+,42-/m1/s1. The van der Waals surface area contributed by atoms with Gasteiger partial charge in [-0.25, -0.2) is 18.0 Å².